The van der Waals surface area contributed by atoms with Gasteiger partial charge in [-0.05, 0) is 42.0 Å². The van der Waals surface area contributed by atoms with Crippen molar-refractivity contribution in [2.24, 2.45) is 10.9 Å². The predicted octanol–water partition coefficient (Wildman–Crippen LogP) is 4.12. The summed E-state index contributed by atoms with van der Waals surface area (Å²) in [5.41, 5.74) is 2.47. The molecule has 0 spiro atoms. The minimum absolute atomic E-state index is 0.0268. The van der Waals surface area contributed by atoms with Crippen LogP contribution in [0.2, 0.25) is 5.02 Å². The van der Waals surface area contributed by atoms with Crippen molar-refractivity contribution in [3.63, 3.8) is 0 Å². The molecule has 1 amide bonds. The fourth-order valence-electron chi connectivity index (χ4n) is 4.24. The lowest BCUT2D eigenvalue weighted by Gasteiger charge is -2.38. The summed E-state index contributed by atoms with van der Waals surface area (Å²) in [4.78, 5) is 31.1. The van der Waals surface area contributed by atoms with Crippen molar-refractivity contribution in [3.05, 3.63) is 70.9 Å². The Hall–Kier alpha value is -3.45. The van der Waals surface area contributed by atoms with E-state index in [9.17, 15) is 9.59 Å². The molecule has 2 atom stereocenters. The Morgan fingerprint density at radius 3 is 2.71 bits per heavy atom. The Labute approximate surface area is 183 Å². The molecule has 1 saturated heterocycles. The second-order valence-corrected chi connectivity index (χ2v) is 8.14. The average molecular weight is 435 g/mol. The molecule has 1 aromatic heterocycles. The standard InChI is InChI=1S/C23H19ClN4O3/c1-13(29)28-11-19-22(20(30)12-28)21(18-10-25-27-23(18)26-19)14-3-2-4-17(9-14)31-16-7-5-15(24)6-8-16/h2-10,21-22H,11-12H2,1H3,(H,25,27). The molecular weight excluding hydrogens is 416 g/mol. The number of hydrogen-bond donors (Lipinski definition) is 1. The number of aromatic amines is 1. The van der Waals surface area contributed by atoms with Gasteiger partial charge in [0, 0.05) is 23.4 Å². The van der Waals surface area contributed by atoms with Gasteiger partial charge in [0.05, 0.1) is 30.9 Å². The first-order valence-corrected chi connectivity index (χ1v) is 10.3. The first-order valence-electron chi connectivity index (χ1n) is 9.92. The maximum absolute atomic E-state index is 13.1. The summed E-state index contributed by atoms with van der Waals surface area (Å²) >= 11 is 5.95. The number of ketones is 1. The Morgan fingerprint density at radius 2 is 1.94 bits per heavy atom. The van der Waals surface area contributed by atoms with Gasteiger partial charge >= 0.3 is 0 Å². The van der Waals surface area contributed by atoms with Gasteiger partial charge in [-0.1, -0.05) is 23.7 Å². The Kier molecular flexibility index (Phi) is 4.82. The monoisotopic (exact) mass is 434 g/mol. The van der Waals surface area contributed by atoms with Gasteiger partial charge in [-0.25, -0.2) is 4.99 Å². The molecule has 2 aliphatic heterocycles. The number of halogens is 1. The highest BCUT2D eigenvalue weighted by atomic mass is 35.5. The highest BCUT2D eigenvalue weighted by Gasteiger charge is 2.44. The molecule has 31 heavy (non-hydrogen) atoms. The topological polar surface area (TPSA) is 87.7 Å². The normalized spacial score (nSPS) is 20.0. The van der Waals surface area contributed by atoms with Crippen molar-refractivity contribution < 1.29 is 14.3 Å². The van der Waals surface area contributed by atoms with E-state index in [1.165, 1.54) is 11.8 Å². The van der Waals surface area contributed by atoms with E-state index in [0.29, 0.717) is 34.6 Å². The maximum atomic E-state index is 13.1. The van der Waals surface area contributed by atoms with E-state index in [-0.39, 0.29) is 24.2 Å². The van der Waals surface area contributed by atoms with E-state index in [1.807, 2.05) is 24.3 Å². The molecule has 0 saturated carbocycles. The number of fused-ring (bicyclic) bond motifs is 2. The van der Waals surface area contributed by atoms with Gasteiger partial charge in [0.15, 0.2) is 11.6 Å². The number of aromatic nitrogens is 2. The Balaban J connectivity index is 1.52. The van der Waals surface area contributed by atoms with E-state index in [0.717, 1.165) is 11.1 Å². The molecule has 2 aromatic carbocycles. The number of hydrogen-bond acceptors (Lipinski definition) is 5. The Bertz CT molecular complexity index is 1200. The number of Topliss-reactive ketones (excluding diaryl/α,β-unsaturated/α-hetero) is 1. The van der Waals surface area contributed by atoms with Crippen molar-refractivity contribution in [1.29, 1.82) is 0 Å². The second-order valence-electron chi connectivity index (χ2n) is 7.70. The fraction of sp³-hybridized carbons (Fsp3) is 0.217. The number of amides is 1. The van der Waals surface area contributed by atoms with Crippen LogP contribution in [-0.4, -0.2) is 45.6 Å². The van der Waals surface area contributed by atoms with Crippen molar-refractivity contribution in [2.45, 2.75) is 12.8 Å². The maximum Gasteiger partial charge on any atom is 0.220 e. The smallest absolute Gasteiger partial charge is 0.220 e. The van der Waals surface area contributed by atoms with Crippen LogP contribution < -0.4 is 4.74 Å². The summed E-state index contributed by atoms with van der Waals surface area (Å²) in [6.07, 6.45) is 1.72. The minimum atomic E-state index is -0.438. The van der Waals surface area contributed by atoms with E-state index in [2.05, 4.69) is 15.2 Å². The van der Waals surface area contributed by atoms with Crippen LogP contribution in [0.1, 0.15) is 24.0 Å². The van der Waals surface area contributed by atoms with Crippen molar-refractivity contribution in [2.75, 3.05) is 13.1 Å². The molecular formula is C23H19ClN4O3. The van der Waals surface area contributed by atoms with Crippen LogP contribution in [0.5, 0.6) is 11.5 Å². The number of ether oxygens (including phenoxy) is 1. The zero-order valence-corrected chi connectivity index (χ0v) is 17.5. The van der Waals surface area contributed by atoms with E-state index in [1.54, 1.807) is 30.5 Å². The first-order chi connectivity index (χ1) is 15.0. The van der Waals surface area contributed by atoms with Crippen LogP contribution in [0.4, 0.5) is 5.82 Å². The number of rotatable bonds is 3. The fourth-order valence-corrected chi connectivity index (χ4v) is 4.37. The van der Waals surface area contributed by atoms with Gasteiger partial charge in [-0.3, -0.25) is 14.7 Å². The average Bonchev–Trinajstić information content (AvgIpc) is 3.22. The number of carbonyl (C=O) groups excluding carboxylic acids is 2. The number of likely N-dealkylation sites (tertiary alicyclic amines) is 1. The summed E-state index contributed by atoms with van der Waals surface area (Å²) in [5, 5.41) is 7.70. The third kappa shape index (κ3) is 3.61. The van der Waals surface area contributed by atoms with Crippen LogP contribution in [0, 0.1) is 5.92 Å². The molecule has 2 aliphatic rings. The van der Waals surface area contributed by atoms with Crippen LogP contribution in [0.15, 0.2) is 59.7 Å². The predicted molar refractivity (Wildman–Crippen MR) is 116 cm³/mol. The van der Waals surface area contributed by atoms with E-state index >= 15 is 0 Å². The molecule has 156 valence electrons. The molecule has 8 heteroatoms. The second kappa shape index (κ2) is 7.67. The summed E-state index contributed by atoms with van der Waals surface area (Å²) < 4.78 is 6.00. The largest absolute Gasteiger partial charge is 0.457 e. The molecule has 0 aliphatic carbocycles. The van der Waals surface area contributed by atoms with Crippen molar-refractivity contribution in [3.8, 4) is 11.5 Å². The molecule has 2 unspecified atom stereocenters. The summed E-state index contributed by atoms with van der Waals surface area (Å²) in [5.74, 6) is 1.09. The van der Waals surface area contributed by atoms with Gasteiger partial charge in [-0.2, -0.15) is 5.10 Å². The lowest BCUT2D eigenvalue weighted by Crippen LogP contribution is -2.51. The SMILES string of the molecule is CC(=O)N1CC(=O)C2C(=Nc3[nH]ncc3C2c2cccc(Oc3ccc(Cl)cc3)c2)C1. The molecule has 1 fully saturated rings. The number of nitrogens with zero attached hydrogens (tertiary/aromatic N) is 3. The number of nitrogens with one attached hydrogen (secondary N) is 1. The highest BCUT2D eigenvalue weighted by molar-refractivity contribution is 6.30. The third-order valence-electron chi connectivity index (χ3n) is 5.69. The van der Waals surface area contributed by atoms with Gasteiger partial charge in [0.25, 0.3) is 0 Å². The van der Waals surface area contributed by atoms with Gasteiger partial charge in [0.1, 0.15) is 11.5 Å². The summed E-state index contributed by atoms with van der Waals surface area (Å²) in [7, 11) is 0. The van der Waals surface area contributed by atoms with Gasteiger partial charge < -0.3 is 9.64 Å². The molecule has 1 N–H and O–H groups in total. The zero-order chi connectivity index (χ0) is 21.5. The van der Waals surface area contributed by atoms with Crippen LogP contribution in [-0.2, 0) is 9.59 Å². The zero-order valence-electron chi connectivity index (χ0n) is 16.7. The highest BCUT2D eigenvalue weighted by Crippen LogP contribution is 2.44. The lowest BCUT2D eigenvalue weighted by molar-refractivity contribution is -0.135. The van der Waals surface area contributed by atoms with Crippen LogP contribution in [0.25, 0.3) is 0 Å². The quantitative estimate of drug-likeness (QED) is 0.671. The van der Waals surface area contributed by atoms with E-state index < -0.39 is 5.92 Å². The molecule has 0 bridgehead atoms. The Morgan fingerprint density at radius 1 is 1.13 bits per heavy atom. The molecule has 0 radical (unpaired) electrons. The van der Waals surface area contributed by atoms with Crippen LogP contribution >= 0.6 is 11.6 Å². The number of benzene rings is 2. The minimum Gasteiger partial charge on any atom is -0.457 e. The van der Waals surface area contributed by atoms with Gasteiger partial charge in [0.2, 0.25) is 5.91 Å². The lowest BCUT2D eigenvalue weighted by atomic mass is 9.73. The molecule has 5 rings (SSSR count). The van der Waals surface area contributed by atoms with E-state index in [4.69, 9.17) is 16.3 Å². The summed E-state index contributed by atoms with van der Waals surface area (Å²) in [6.45, 7) is 1.89. The molecule has 7 nitrogen and oxygen atoms in total. The third-order valence-corrected chi connectivity index (χ3v) is 5.94. The van der Waals surface area contributed by atoms with Crippen molar-refractivity contribution in [1.82, 2.24) is 15.1 Å². The number of piperidine rings is 1. The van der Waals surface area contributed by atoms with Gasteiger partial charge in [-0.15, -0.1) is 0 Å². The summed E-state index contributed by atoms with van der Waals surface area (Å²) in [6, 6.07) is 14.8. The number of aliphatic imine (C=N–C) groups is 1. The number of H-pyrrole nitrogens is 1. The van der Waals surface area contributed by atoms with Crippen molar-refractivity contribution >= 4 is 34.8 Å². The van der Waals surface area contributed by atoms with Crippen LogP contribution in [0.3, 0.4) is 0 Å². The number of carbonyl (C=O) groups is 2. The molecule has 3 heterocycles. The first kappa shape index (κ1) is 19.5. The molecule has 3 aromatic rings.